The number of urea groups is 1. The molecule has 0 aliphatic heterocycles. The van der Waals surface area contributed by atoms with Gasteiger partial charge >= 0.3 is 6.03 Å². The summed E-state index contributed by atoms with van der Waals surface area (Å²) in [6.45, 7) is 8.18. The maximum Gasteiger partial charge on any atom is 0.323 e. The number of anilines is 2. The first-order valence-electron chi connectivity index (χ1n) is 7.24. The summed E-state index contributed by atoms with van der Waals surface area (Å²) in [7, 11) is 0. The average molecular weight is 282 g/mol. The molecule has 3 nitrogen and oxygen atoms in total. The fraction of sp³-hybridized carbons (Fsp3) is 0.278. The Bertz CT molecular complexity index is 622. The first-order valence-corrected chi connectivity index (χ1v) is 7.24. The second-order valence-electron chi connectivity index (χ2n) is 5.40. The van der Waals surface area contributed by atoms with Crippen molar-refractivity contribution in [3.63, 3.8) is 0 Å². The summed E-state index contributed by atoms with van der Waals surface area (Å²) < 4.78 is 0. The quantitative estimate of drug-likeness (QED) is 0.832. The van der Waals surface area contributed by atoms with Gasteiger partial charge in [0.2, 0.25) is 0 Å². The largest absolute Gasteiger partial charge is 0.323 e. The molecule has 2 aromatic carbocycles. The molecule has 2 amide bonds. The highest BCUT2D eigenvalue weighted by Gasteiger charge is 2.08. The van der Waals surface area contributed by atoms with Crippen LogP contribution >= 0.6 is 0 Å². The van der Waals surface area contributed by atoms with Crippen molar-refractivity contribution in [2.75, 3.05) is 10.6 Å². The lowest BCUT2D eigenvalue weighted by Gasteiger charge is -2.13. The van der Waals surface area contributed by atoms with E-state index in [2.05, 4.69) is 36.6 Å². The first kappa shape index (κ1) is 15.1. The summed E-state index contributed by atoms with van der Waals surface area (Å²) in [5.74, 6) is 0. The molecule has 0 radical (unpaired) electrons. The van der Waals surface area contributed by atoms with Crippen LogP contribution in [0.4, 0.5) is 16.2 Å². The Hall–Kier alpha value is -2.29. The average Bonchev–Trinajstić information content (AvgIpc) is 2.43. The highest BCUT2D eigenvalue weighted by Crippen LogP contribution is 2.22. The molecule has 0 atom stereocenters. The van der Waals surface area contributed by atoms with Gasteiger partial charge in [-0.3, -0.25) is 0 Å². The van der Waals surface area contributed by atoms with Gasteiger partial charge in [0.1, 0.15) is 0 Å². The van der Waals surface area contributed by atoms with E-state index in [4.69, 9.17) is 0 Å². The van der Waals surface area contributed by atoms with Crippen molar-refractivity contribution in [3.8, 4) is 0 Å². The maximum absolute atomic E-state index is 12.1. The zero-order chi connectivity index (χ0) is 15.4. The number of nitrogens with one attached hydrogen (secondary N) is 2. The van der Waals surface area contributed by atoms with E-state index in [1.165, 1.54) is 11.1 Å². The molecule has 3 heteroatoms. The third-order valence-corrected chi connectivity index (χ3v) is 3.54. The number of rotatable bonds is 3. The third kappa shape index (κ3) is 3.85. The molecule has 0 aromatic heterocycles. The van der Waals surface area contributed by atoms with Crippen LogP contribution in [0, 0.1) is 20.8 Å². The predicted molar refractivity (Wildman–Crippen MR) is 89.1 cm³/mol. The highest BCUT2D eigenvalue weighted by molar-refractivity contribution is 6.00. The van der Waals surface area contributed by atoms with Crippen LogP contribution in [-0.2, 0) is 6.42 Å². The van der Waals surface area contributed by atoms with Crippen LogP contribution in [0.25, 0.3) is 0 Å². The molecule has 2 rings (SSSR count). The Balaban J connectivity index is 2.08. The van der Waals surface area contributed by atoms with Crippen molar-refractivity contribution in [3.05, 3.63) is 58.7 Å². The van der Waals surface area contributed by atoms with Gasteiger partial charge in [-0.05, 0) is 56.0 Å². The van der Waals surface area contributed by atoms with Gasteiger partial charge in [-0.25, -0.2) is 4.79 Å². The van der Waals surface area contributed by atoms with Gasteiger partial charge in [-0.2, -0.15) is 0 Å². The zero-order valence-corrected chi connectivity index (χ0v) is 13.1. The smallest absolute Gasteiger partial charge is 0.308 e. The SMILES string of the molecule is CCc1ccc(NC(=O)Nc2c(C)cc(C)cc2C)cc1. The van der Waals surface area contributed by atoms with Crippen LogP contribution in [0.2, 0.25) is 0 Å². The minimum absolute atomic E-state index is 0.214. The lowest BCUT2D eigenvalue weighted by atomic mass is 10.1. The van der Waals surface area contributed by atoms with E-state index in [0.717, 1.165) is 28.9 Å². The van der Waals surface area contributed by atoms with E-state index in [0.29, 0.717) is 0 Å². The molecule has 0 unspecified atom stereocenters. The van der Waals surface area contributed by atoms with Crippen LogP contribution in [-0.4, -0.2) is 6.03 Å². The fourth-order valence-electron chi connectivity index (χ4n) is 2.48. The van der Waals surface area contributed by atoms with Gasteiger partial charge in [0.25, 0.3) is 0 Å². The van der Waals surface area contributed by atoms with Gasteiger partial charge in [-0.15, -0.1) is 0 Å². The van der Waals surface area contributed by atoms with Crippen molar-refractivity contribution in [2.45, 2.75) is 34.1 Å². The number of carbonyl (C=O) groups excluding carboxylic acids is 1. The van der Waals surface area contributed by atoms with Crippen molar-refractivity contribution in [2.24, 2.45) is 0 Å². The highest BCUT2D eigenvalue weighted by atomic mass is 16.2. The molecule has 0 aliphatic rings. The van der Waals surface area contributed by atoms with Gasteiger partial charge < -0.3 is 10.6 Å². The Morgan fingerprint density at radius 3 is 2.05 bits per heavy atom. The predicted octanol–water partition coefficient (Wildman–Crippen LogP) is 4.82. The van der Waals surface area contributed by atoms with Crippen LogP contribution in [0.15, 0.2) is 36.4 Å². The summed E-state index contributed by atoms with van der Waals surface area (Å²) in [6, 6.07) is 11.8. The minimum atomic E-state index is -0.214. The van der Waals surface area contributed by atoms with Gasteiger partial charge in [0.05, 0.1) is 0 Å². The fourth-order valence-corrected chi connectivity index (χ4v) is 2.48. The molecule has 0 fully saturated rings. The summed E-state index contributed by atoms with van der Waals surface area (Å²) in [4.78, 5) is 12.1. The van der Waals surface area contributed by atoms with Crippen molar-refractivity contribution < 1.29 is 4.79 Å². The van der Waals surface area contributed by atoms with Crippen LogP contribution < -0.4 is 10.6 Å². The number of carbonyl (C=O) groups is 1. The van der Waals surface area contributed by atoms with Crippen molar-refractivity contribution >= 4 is 17.4 Å². The van der Waals surface area contributed by atoms with Gasteiger partial charge in [0, 0.05) is 11.4 Å². The van der Waals surface area contributed by atoms with Crippen LogP contribution in [0.3, 0.4) is 0 Å². The van der Waals surface area contributed by atoms with E-state index in [1.54, 1.807) is 0 Å². The van der Waals surface area contributed by atoms with Crippen molar-refractivity contribution in [1.29, 1.82) is 0 Å². The Labute approximate surface area is 126 Å². The molecule has 2 N–H and O–H groups in total. The number of amides is 2. The number of benzene rings is 2. The summed E-state index contributed by atoms with van der Waals surface area (Å²) >= 11 is 0. The second-order valence-corrected chi connectivity index (χ2v) is 5.40. The molecule has 0 aliphatic carbocycles. The van der Waals surface area contributed by atoms with E-state index < -0.39 is 0 Å². The summed E-state index contributed by atoms with van der Waals surface area (Å²) in [5.41, 5.74) is 6.28. The minimum Gasteiger partial charge on any atom is -0.308 e. The molecule has 0 spiro atoms. The zero-order valence-electron chi connectivity index (χ0n) is 13.1. The summed E-state index contributed by atoms with van der Waals surface area (Å²) in [6.07, 6.45) is 0.994. The number of hydrogen-bond acceptors (Lipinski definition) is 1. The van der Waals surface area contributed by atoms with Crippen molar-refractivity contribution in [1.82, 2.24) is 0 Å². The van der Waals surface area contributed by atoms with Crippen LogP contribution in [0.5, 0.6) is 0 Å². The van der Waals surface area contributed by atoms with Crippen LogP contribution in [0.1, 0.15) is 29.2 Å². The maximum atomic E-state index is 12.1. The molecule has 110 valence electrons. The lowest BCUT2D eigenvalue weighted by Crippen LogP contribution is -2.20. The molecular formula is C18H22N2O. The topological polar surface area (TPSA) is 41.1 Å². The van der Waals surface area contributed by atoms with Gasteiger partial charge in [0.15, 0.2) is 0 Å². The van der Waals surface area contributed by atoms with E-state index >= 15 is 0 Å². The molecule has 2 aromatic rings. The second kappa shape index (κ2) is 6.44. The Kier molecular flexibility index (Phi) is 4.63. The van der Waals surface area contributed by atoms with E-state index in [9.17, 15) is 4.79 Å². The molecule has 0 bridgehead atoms. The lowest BCUT2D eigenvalue weighted by molar-refractivity contribution is 0.262. The monoisotopic (exact) mass is 282 g/mol. The van der Waals surface area contributed by atoms with E-state index in [1.807, 2.05) is 38.1 Å². The molecule has 0 heterocycles. The van der Waals surface area contributed by atoms with E-state index in [-0.39, 0.29) is 6.03 Å². The normalized spacial score (nSPS) is 10.3. The summed E-state index contributed by atoms with van der Waals surface area (Å²) in [5, 5.41) is 5.79. The first-order chi connectivity index (χ1) is 9.99. The number of hydrogen-bond donors (Lipinski definition) is 2. The Morgan fingerprint density at radius 2 is 1.52 bits per heavy atom. The number of aryl methyl sites for hydroxylation is 4. The third-order valence-electron chi connectivity index (χ3n) is 3.54. The van der Waals surface area contributed by atoms with Gasteiger partial charge in [-0.1, -0.05) is 36.8 Å². The molecule has 0 saturated heterocycles. The standard InChI is InChI=1S/C18H22N2O/c1-5-15-6-8-16(9-7-15)19-18(21)20-17-13(3)10-12(2)11-14(17)4/h6-11H,5H2,1-4H3,(H2,19,20,21). The molecule has 21 heavy (non-hydrogen) atoms. The molecule has 0 saturated carbocycles. The molecular weight excluding hydrogens is 260 g/mol. The Morgan fingerprint density at radius 1 is 0.952 bits per heavy atom.